The number of imide groups is 1. The molecular weight excluding hydrogens is 801 g/mol. The number of aromatic nitrogens is 2. The van der Waals surface area contributed by atoms with E-state index in [-0.39, 0.29) is 58.6 Å². The summed E-state index contributed by atoms with van der Waals surface area (Å²) in [5, 5.41) is 8.78. The van der Waals surface area contributed by atoms with Gasteiger partial charge >= 0.3 is 5.92 Å². The third-order valence-corrected chi connectivity index (χ3v) is 13.6. The molecule has 1 unspecified atom stereocenters. The summed E-state index contributed by atoms with van der Waals surface area (Å²) in [6.45, 7) is 7.81. The van der Waals surface area contributed by atoms with E-state index in [1.54, 1.807) is 39.2 Å². The monoisotopic (exact) mass is 857 g/mol. The van der Waals surface area contributed by atoms with Gasteiger partial charge in [-0.15, -0.1) is 0 Å². The first-order valence-electron chi connectivity index (χ1n) is 21.7. The second-order valence-corrected chi connectivity index (χ2v) is 18.0. The number of carbonyl (C=O) groups excluding carboxylic acids is 4. The molecule has 1 aliphatic carbocycles. The lowest BCUT2D eigenvalue weighted by atomic mass is 9.60. The molecule has 62 heavy (non-hydrogen) atoms. The van der Waals surface area contributed by atoms with Gasteiger partial charge in [0.15, 0.2) is 5.82 Å². The van der Waals surface area contributed by atoms with Gasteiger partial charge < -0.3 is 39.7 Å². The predicted molar refractivity (Wildman–Crippen MR) is 231 cm³/mol. The minimum absolute atomic E-state index is 0.103. The number of nitrogens with zero attached hydrogens (tertiary/aromatic N) is 6. The summed E-state index contributed by atoms with van der Waals surface area (Å²) in [6, 6.07) is 10.8. The normalized spacial score (nSPS) is 21.9. The van der Waals surface area contributed by atoms with Crippen molar-refractivity contribution in [1.29, 1.82) is 0 Å². The van der Waals surface area contributed by atoms with E-state index in [9.17, 15) is 28.0 Å². The first kappa shape index (κ1) is 43.1. The number of alkyl halides is 2. The van der Waals surface area contributed by atoms with Gasteiger partial charge in [-0.1, -0.05) is 6.07 Å². The maximum Gasteiger partial charge on any atom is 0.342 e. The molecule has 4 fully saturated rings. The van der Waals surface area contributed by atoms with Crippen LogP contribution in [0.5, 0.6) is 11.5 Å². The fourth-order valence-electron chi connectivity index (χ4n) is 9.95. The Hall–Kier alpha value is -5.58. The van der Waals surface area contributed by atoms with Crippen molar-refractivity contribution in [1.82, 2.24) is 25.5 Å². The van der Waals surface area contributed by atoms with Crippen LogP contribution in [0.3, 0.4) is 0 Å². The second kappa shape index (κ2) is 17.3. The average molecular weight is 858 g/mol. The third kappa shape index (κ3) is 8.72. The fraction of sp³-hybridized carbons (Fsp3) is 0.556. The average Bonchev–Trinajstić information content (AvgIpc) is 3.32. The largest absolute Gasteiger partial charge is 0.495 e. The molecule has 4 aliphatic heterocycles. The standard InChI is InChI=1S/C45H57F2N9O6/c1-27(2)56-26-45(46,47)42(60)53(3)35-24-48-43(52-39(35)56)50-33-9-6-30(21-36(33)61-4)40(58)49-31-22-44(23-31)14-18-54(19-15-44)25-28-12-16-55(17-13-28)34-10-7-29(20-37(34)62-5)32-8-11-38(57)51-41(32)59/h6-7,9-10,20-21,24,27-28,31-32H,8,11-19,22-23,25-26H2,1-5H3,(H,49,58)(H,48,50,52)(H,51,57,59). The Morgan fingerprint density at radius 1 is 0.952 bits per heavy atom. The number of halogens is 2. The molecule has 1 aromatic heterocycles. The van der Waals surface area contributed by atoms with E-state index in [0.29, 0.717) is 35.8 Å². The summed E-state index contributed by atoms with van der Waals surface area (Å²) in [7, 11) is 4.45. The van der Waals surface area contributed by atoms with Crippen LogP contribution in [-0.4, -0.2) is 117 Å². The number of amides is 4. The SMILES string of the molecule is COc1cc(C(=O)NC2CC3(CCN(CC4CCN(c5ccc(C6CCC(=O)NC6=O)cc5OC)CC4)CC3)C2)ccc1Nc1ncc2c(n1)N(C(C)C)CC(F)(F)C(=O)N2C. The topological polar surface area (TPSA) is 162 Å². The molecule has 0 bridgehead atoms. The van der Waals surface area contributed by atoms with Gasteiger partial charge in [-0.05, 0) is 119 Å². The van der Waals surface area contributed by atoms with E-state index in [1.807, 2.05) is 12.1 Å². The molecule has 3 N–H and O–H groups in total. The zero-order valence-electron chi connectivity index (χ0n) is 36.1. The lowest BCUT2D eigenvalue weighted by molar-refractivity contribution is -0.140. The van der Waals surface area contributed by atoms with E-state index >= 15 is 0 Å². The highest BCUT2D eigenvalue weighted by Crippen LogP contribution is 2.49. The molecular formula is C45H57F2N9O6. The minimum Gasteiger partial charge on any atom is -0.495 e. The maximum atomic E-state index is 14.8. The molecule has 17 heteroatoms. The zero-order valence-corrected chi connectivity index (χ0v) is 36.1. The quantitative estimate of drug-likeness (QED) is 0.209. The molecule has 0 radical (unpaired) electrons. The van der Waals surface area contributed by atoms with E-state index in [1.165, 1.54) is 25.3 Å². The van der Waals surface area contributed by atoms with Crippen LogP contribution in [0.25, 0.3) is 0 Å². The Labute approximate surface area is 360 Å². The third-order valence-electron chi connectivity index (χ3n) is 13.6. The molecule has 332 valence electrons. The van der Waals surface area contributed by atoms with Crippen LogP contribution in [0.1, 0.15) is 87.1 Å². The molecule has 2 aromatic carbocycles. The van der Waals surface area contributed by atoms with E-state index in [2.05, 4.69) is 41.8 Å². The van der Waals surface area contributed by atoms with Crippen LogP contribution in [0.2, 0.25) is 0 Å². The maximum absolute atomic E-state index is 14.8. The van der Waals surface area contributed by atoms with Gasteiger partial charge in [0.1, 0.15) is 17.2 Å². The van der Waals surface area contributed by atoms with E-state index < -0.39 is 18.4 Å². The number of likely N-dealkylation sites (tertiary alicyclic amines) is 1. The highest BCUT2D eigenvalue weighted by molar-refractivity contribution is 6.02. The van der Waals surface area contributed by atoms with Crippen LogP contribution in [-0.2, 0) is 14.4 Å². The number of rotatable bonds is 11. The van der Waals surface area contributed by atoms with E-state index in [0.717, 1.165) is 93.1 Å². The van der Waals surface area contributed by atoms with Crippen molar-refractivity contribution in [3.63, 3.8) is 0 Å². The highest BCUT2D eigenvalue weighted by atomic mass is 19.3. The lowest BCUT2D eigenvalue weighted by Crippen LogP contribution is -2.55. The van der Waals surface area contributed by atoms with E-state index in [4.69, 9.17) is 9.47 Å². The Balaban J connectivity index is 0.797. The van der Waals surface area contributed by atoms with Gasteiger partial charge in [-0.3, -0.25) is 24.5 Å². The predicted octanol–water partition coefficient (Wildman–Crippen LogP) is 5.48. The Morgan fingerprint density at radius 3 is 2.35 bits per heavy atom. The van der Waals surface area contributed by atoms with Gasteiger partial charge in [-0.25, -0.2) is 4.98 Å². The van der Waals surface area contributed by atoms with Crippen LogP contribution >= 0.6 is 0 Å². The number of carbonyl (C=O) groups is 4. The Kier molecular flexibility index (Phi) is 12.0. The van der Waals surface area contributed by atoms with Gasteiger partial charge in [0.05, 0.1) is 44.3 Å². The Bertz CT molecular complexity index is 2200. The first-order chi connectivity index (χ1) is 29.7. The van der Waals surface area contributed by atoms with Crippen molar-refractivity contribution in [2.45, 2.75) is 89.1 Å². The number of hydrogen-bond acceptors (Lipinski definition) is 12. The number of fused-ring (bicyclic) bond motifs is 1. The molecule has 5 aliphatic rings. The van der Waals surface area contributed by atoms with Crippen LogP contribution in [0, 0.1) is 11.3 Å². The molecule has 15 nitrogen and oxygen atoms in total. The van der Waals surface area contributed by atoms with Crippen molar-refractivity contribution in [3.05, 3.63) is 53.7 Å². The fourth-order valence-corrected chi connectivity index (χ4v) is 9.95. The van der Waals surface area contributed by atoms with Crippen LogP contribution in [0.4, 0.5) is 37.6 Å². The molecule has 3 saturated heterocycles. The molecule has 4 amide bonds. The van der Waals surface area contributed by atoms with Crippen LogP contribution in [0.15, 0.2) is 42.6 Å². The number of ether oxygens (including phenoxy) is 2. The van der Waals surface area contributed by atoms with Crippen molar-refractivity contribution >= 4 is 52.5 Å². The molecule has 1 atom stereocenters. The second-order valence-electron chi connectivity index (χ2n) is 18.0. The number of piperidine rings is 3. The summed E-state index contributed by atoms with van der Waals surface area (Å²) in [5.41, 5.74) is 3.30. The minimum atomic E-state index is -3.59. The van der Waals surface area contributed by atoms with Crippen LogP contribution < -0.4 is 40.1 Å². The molecule has 1 saturated carbocycles. The van der Waals surface area contributed by atoms with Crippen molar-refractivity contribution in [2.24, 2.45) is 11.3 Å². The summed E-state index contributed by atoms with van der Waals surface area (Å²) < 4.78 is 41.0. The van der Waals surface area contributed by atoms with Gasteiger partial charge in [0.2, 0.25) is 17.8 Å². The summed E-state index contributed by atoms with van der Waals surface area (Å²) in [5.74, 6) is -3.79. The summed E-state index contributed by atoms with van der Waals surface area (Å²) in [6.07, 6.45) is 8.56. The van der Waals surface area contributed by atoms with Gasteiger partial charge in [0.25, 0.3) is 11.8 Å². The summed E-state index contributed by atoms with van der Waals surface area (Å²) in [4.78, 5) is 66.1. The smallest absolute Gasteiger partial charge is 0.342 e. The molecule has 8 rings (SSSR count). The lowest BCUT2D eigenvalue weighted by Gasteiger charge is -2.52. The Morgan fingerprint density at radius 2 is 1.68 bits per heavy atom. The number of methoxy groups -OCH3 is 2. The number of benzene rings is 2. The van der Waals surface area contributed by atoms with Gasteiger partial charge in [0, 0.05) is 50.7 Å². The van der Waals surface area contributed by atoms with Crippen molar-refractivity contribution in [3.8, 4) is 11.5 Å². The molecule has 1 spiro atoms. The number of hydrogen-bond donors (Lipinski definition) is 3. The van der Waals surface area contributed by atoms with Crippen molar-refractivity contribution < 1.29 is 37.4 Å². The highest BCUT2D eigenvalue weighted by Gasteiger charge is 2.48. The molecule has 3 aromatic rings. The van der Waals surface area contributed by atoms with Gasteiger partial charge in [-0.2, -0.15) is 13.8 Å². The van der Waals surface area contributed by atoms with Crippen molar-refractivity contribution in [2.75, 3.05) is 80.6 Å². The molecule has 5 heterocycles. The first-order valence-corrected chi connectivity index (χ1v) is 21.7. The number of anilines is 5. The summed E-state index contributed by atoms with van der Waals surface area (Å²) >= 11 is 0. The zero-order chi connectivity index (χ0) is 43.9. The number of nitrogens with one attached hydrogen (secondary N) is 3.